The number of alkyl halides is 3. The van der Waals surface area contributed by atoms with Crippen LogP contribution in [0, 0.1) is 10.1 Å². The van der Waals surface area contributed by atoms with Crippen LogP contribution in [0.15, 0.2) is 54.6 Å². The summed E-state index contributed by atoms with van der Waals surface area (Å²) in [6, 6.07) is 11.1. The van der Waals surface area contributed by atoms with Crippen molar-refractivity contribution in [1.29, 1.82) is 0 Å². The molecule has 4 rings (SSSR count). The lowest BCUT2D eigenvalue weighted by molar-refractivity contribution is -0.384. The summed E-state index contributed by atoms with van der Waals surface area (Å²) in [6.07, 6.45) is -3.89. The molecule has 0 aliphatic carbocycles. The number of halogens is 3. The summed E-state index contributed by atoms with van der Waals surface area (Å²) in [6.45, 7) is 1.86. The van der Waals surface area contributed by atoms with Gasteiger partial charge in [-0.25, -0.2) is 5.43 Å². The van der Waals surface area contributed by atoms with E-state index in [0.717, 1.165) is 0 Å². The van der Waals surface area contributed by atoms with E-state index in [-0.39, 0.29) is 29.3 Å². The fourth-order valence-corrected chi connectivity index (χ4v) is 3.86. The van der Waals surface area contributed by atoms with Crippen LogP contribution in [-0.2, 0) is 4.79 Å². The third-order valence-electron chi connectivity index (χ3n) is 5.20. The Morgan fingerprint density at radius 2 is 1.74 bits per heavy atom. The van der Waals surface area contributed by atoms with Gasteiger partial charge in [0.2, 0.25) is 0 Å². The van der Waals surface area contributed by atoms with E-state index in [9.17, 15) is 28.1 Å². The molecule has 0 aromatic heterocycles. The summed E-state index contributed by atoms with van der Waals surface area (Å²) >= 11 is 0. The summed E-state index contributed by atoms with van der Waals surface area (Å²) in [4.78, 5) is 23.0. The highest BCUT2D eigenvalue weighted by molar-refractivity contribution is 5.97. The average molecular weight is 434 g/mol. The van der Waals surface area contributed by atoms with Gasteiger partial charge in [0.15, 0.2) is 0 Å². The number of rotatable bonds is 4. The zero-order chi connectivity index (χ0) is 22.3. The summed E-state index contributed by atoms with van der Waals surface area (Å²) in [5, 5.41) is 15.6. The Hall–Kier alpha value is -3.60. The van der Waals surface area contributed by atoms with Gasteiger partial charge in [0.1, 0.15) is 11.9 Å². The summed E-state index contributed by atoms with van der Waals surface area (Å²) < 4.78 is 41.2. The fourth-order valence-electron chi connectivity index (χ4n) is 3.86. The van der Waals surface area contributed by atoms with Crippen molar-refractivity contribution in [3.05, 3.63) is 75.8 Å². The Kier molecular flexibility index (Phi) is 5.05. The van der Waals surface area contributed by atoms with E-state index in [1.165, 1.54) is 47.5 Å². The number of nitrogens with zero attached hydrogens (tertiary/aromatic N) is 2. The lowest BCUT2D eigenvalue weighted by atomic mass is 9.90. The molecule has 8 nitrogen and oxygen atoms in total. The van der Waals surface area contributed by atoms with Crippen molar-refractivity contribution in [3.63, 3.8) is 0 Å². The molecule has 3 atom stereocenters. The number of carbonyl (C=O) groups is 1. The van der Waals surface area contributed by atoms with Crippen LogP contribution in [0.4, 0.5) is 18.9 Å². The van der Waals surface area contributed by atoms with Crippen molar-refractivity contribution in [3.8, 4) is 5.75 Å². The number of carbonyl (C=O) groups excluding carboxylic acids is 1. The van der Waals surface area contributed by atoms with E-state index < -0.39 is 17.5 Å². The molecule has 1 fully saturated rings. The number of fused-ring (bicyclic) bond motifs is 1. The second-order valence-electron chi connectivity index (χ2n) is 7.22. The number of nitrogens with one attached hydrogen (secondary N) is 2. The molecule has 0 spiro atoms. The van der Waals surface area contributed by atoms with Gasteiger partial charge in [-0.1, -0.05) is 12.1 Å². The van der Waals surface area contributed by atoms with Gasteiger partial charge in [0.05, 0.1) is 4.92 Å². The number of hydrogen-bond acceptors (Lipinski definition) is 6. The molecule has 2 heterocycles. The van der Waals surface area contributed by atoms with Crippen LogP contribution in [0.3, 0.4) is 0 Å². The molecule has 0 radical (unpaired) electrons. The fraction of sp³-hybridized carbons (Fsp3) is 0.250. The smallest absolute Gasteiger partial charge is 0.406 e. The van der Waals surface area contributed by atoms with Crippen LogP contribution in [0.5, 0.6) is 5.75 Å². The molecular formula is C20H17F3N4O4. The minimum absolute atomic E-state index is 0.0664. The Balaban J connectivity index is 1.59. The van der Waals surface area contributed by atoms with Crippen LogP contribution < -0.4 is 15.5 Å². The van der Waals surface area contributed by atoms with E-state index in [2.05, 4.69) is 15.5 Å². The number of hydrogen-bond donors (Lipinski definition) is 2. The highest BCUT2D eigenvalue weighted by Crippen LogP contribution is 2.36. The van der Waals surface area contributed by atoms with Gasteiger partial charge < -0.3 is 10.1 Å². The second-order valence-corrected chi connectivity index (χ2v) is 7.22. The van der Waals surface area contributed by atoms with Gasteiger partial charge in [0.25, 0.3) is 11.6 Å². The lowest BCUT2D eigenvalue weighted by Crippen LogP contribution is -2.52. The minimum Gasteiger partial charge on any atom is -0.406 e. The molecule has 31 heavy (non-hydrogen) atoms. The number of benzene rings is 2. The Morgan fingerprint density at radius 3 is 2.32 bits per heavy atom. The number of nitro groups is 1. The van der Waals surface area contributed by atoms with Crippen molar-refractivity contribution in [2.75, 3.05) is 0 Å². The Morgan fingerprint density at radius 1 is 1.10 bits per heavy atom. The van der Waals surface area contributed by atoms with Gasteiger partial charge in [0, 0.05) is 35.9 Å². The molecule has 2 aromatic rings. The predicted octanol–water partition coefficient (Wildman–Crippen LogP) is 3.28. The molecule has 11 heteroatoms. The van der Waals surface area contributed by atoms with Crippen LogP contribution in [-0.4, -0.2) is 34.4 Å². The number of non-ortho nitro benzene ring substituents is 1. The normalized spacial score (nSPS) is 23.1. The van der Waals surface area contributed by atoms with Gasteiger partial charge >= 0.3 is 6.36 Å². The topological polar surface area (TPSA) is 96.7 Å². The zero-order valence-corrected chi connectivity index (χ0v) is 16.1. The molecule has 2 aliphatic heterocycles. The van der Waals surface area contributed by atoms with Gasteiger partial charge in [-0.15, -0.1) is 13.2 Å². The number of amides is 1. The summed E-state index contributed by atoms with van der Waals surface area (Å²) in [5.41, 5.74) is 4.83. The SMILES string of the molecule is CC1NN2C(=O)C=C(c3ccc([N+](=O)[O-])cc3)NC2C1c1ccc(OC(F)(F)F)cc1. The average Bonchev–Trinajstić information content (AvgIpc) is 3.04. The van der Waals surface area contributed by atoms with Crippen molar-refractivity contribution < 1.29 is 27.6 Å². The van der Waals surface area contributed by atoms with Crippen LogP contribution in [0.25, 0.3) is 5.70 Å². The van der Waals surface area contributed by atoms with Gasteiger partial charge in [-0.3, -0.25) is 19.9 Å². The minimum atomic E-state index is -4.78. The number of nitro benzene ring substituents is 1. The van der Waals surface area contributed by atoms with Gasteiger partial charge in [-0.05, 0) is 42.3 Å². The molecule has 2 N–H and O–H groups in total. The van der Waals surface area contributed by atoms with E-state index in [1.54, 1.807) is 12.1 Å². The van der Waals surface area contributed by atoms with Crippen molar-refractivity contribution in [2.45, 2.75) is 31.4 Å². The maximum atomic E-state index is 12.7. The van der Waals surface area contributed by atoms with E-state index in [4.69, 9.17) is 0 Å². The van der Waals surface area contributed by atoms with Crippen molar-refractivity contribution in [2.24, 2.45) is 0 Å². The summed E-state index contributed by atoms with van der Waals surface area (Å²) in [5.74, 6) is -0.903. The molecule has 3 unspecified atom stereocenters. The monoisotopic (exact) mass is 434 g/mol. The van der Waals surface area contributed by atoms with Crippen LogP contribution in [0.2, 0.25) is 0 Å². The first kappa shape index (κ1) is 20.7. The predicted molar refractivity (Wildman–Crippen MR) is 103 cm³/mol. The molecule has 0 bridgehead atoms. The first-order valence-corrected chi connectivity index (χ1v) is 9.30. The largest absolute Gasteiger partial charge is 0.573 e. The van der Waals surface area contributed by atoms with Crippen molar-refractivity contribution in [1.82, 2.24) is 15.8 Å². The zero-order valence-electron chi connectivity index (χ0n) is 16.1. The lowest BCUT2D eigenvalue weighted by Gasteiger charge is -2.33. The Labute approximate surface area is 174 Å². The van der Waals surface area contributed by atoms with Crippen LogP contribution >= 0.6 is 0 Å². The maximum absolute atomic E-state index is 12.7. The molecular weight excluding hydrogens is 417 g/mol. The summed E-state index contributed by atoms with van der Waals surface area (Å²) in [7, 11) is 0. The quantitative estimate of drug-likeness (QED) is 0.566. The molecule has 2 aliphatic rings. The molecule has 2 aromatic carbocycles. The van der Waals surface area contributed by atoms with Crippen LogP contribution in [0.1, 0.15) is 24.0 Å². The number of ether oxygens (including phenoxy) is 1. The molecule has 0 saturated carbocycles. The maximum Gasteiger partial charge on any atom is 0.573 e. The van der Waals surface area contributed by atoms with E-state index in [0.29, 0.717) is 16.8 Å². The Bertz CT molecular complexity index is 1040. The highest BCUT2D eigenvalue weighted by Gasteiger charge is 2.44. The van der Waals surface area contributed by atoms with Gasteiger partial charge in [-0.2, -0.15) is 0 Å². The van der Waals surface area contributed by atoms with E-state index >= 15 is 0 Å². The standard InChI is InChI=1S/C20H17F3N4O4/c1-11-18(13-4-8-15(9-5-13)31-20(21,22)23)19-24-16(10-17(28)26(19)25-11)12-2-6-14(7-3-12)27(29)30/h2-11,18-19,24-25H,1H3. The third kappa shape index (κ3) is 4.17. The highest BCUT2D eigenvalue weighted by atomic mass is 19.4. The molecule has 1 amide bonds. The molecule has 162 valence electrons. The molecule has 1 saturated heterocycles. The number of hydrazine groups is 1. The first-order chi connectivity index (χ1) is 14.6. The van der Waals surface area contributed by atoms with E-state index in [1.807, 2.05) is 6.92 Å². The van der Waals surface area contributed by atoms with Crippen molar-refractivity contribution >= 4 is 17.3 Å². The first-order valence-electron chi connectivity index (χ1n) is 9.30. The third-order valence-corrected chi connectivity index (χ3v) is 5.20. The second kappa shape index (κ2) is 7.58.